The van der Waals surface area contributed by atoms with Gasteiger partial charge in [-0.25, -0.2) is 8.42 Å². The summed E-state index contributed by atoms with van der Waals surface area (Å²) in [5.74, 6) is 0.265. The van der Waals surface area contributed by atoms with Gasteiger partial charge in [0.25, 0.3) is 15.9 Å². The zero-order valence-corrected chi connectivity index (χ0v) is 17.0. The van der Waals surface area contributed by atoms with Crippen LogP contribution in [0.5, 0.6) is 0 Å². The number of carbonyl (C=O) groups is 1. The first-order valence-electron chi connectivity index (χ1n) is 8.84. The first kappa shape index (κ1) is 19.2. The maximum absolute atomic E-state index is 12.8. The van der Waals surface area contributed by atoms with E-state index in [-0.39, 0.29) is 10.8 Å². The highest BCUT2D eigenvalue weighted by Crippen LogP contribution is 2.38. The molecule has 0 radical (unpaired) electrons. The molecule has 2 aromatic carbocycles. The molecule has 1 heterocycles. The van der Waals surface area contributed by atoms with Crippen LogP contribution in [0.25, 0.3) is 5.57 Å². The van der Waals surface area contributed by atoms with Crippen LogP contribution in [-0.2, 0) is 14.8 Å². The van der Waals surface area contributed by atoms with E-state index in [1.807, 2.05) is 26.0 Å². The Morgan fingerprint density at radius 3 is 2.22 bits per heavy atom. The molecule has 1 aliphatic heterocycles. The average Bonchev–Trinajstić information content (AvgIpc) is 2.85. The van der Waals surface area contributed by atoms with Gasteiger partial charge in [0.2, 0.25) is 0 Å². The first-order chi connectivity index (χ1) is 12.6. The van der Waals surface area contributed by atoms with Gasteiger partial charge in [0.05, 0.1) is 10.6 Å². The fourth-order valence-corrected chi connectivity index (χ4v) is 4.29. The summed E-state index contributed by atoms with van der Waals surface area (Å²) >= 11 is 0. The Morgan fingerprint density at radius 1 is 1.04 bits per heavy atom. The molecule has 0 aromatic heterocycles. The Bertz CT molecular complexity index is 1030. The lowest BCUT2D eigenvalue weighted by Gasteiger charge is -2.12. The van der Waals surface area contributed by atoms with Gasteiger partial charge in [-0.15, -0.1) is 0 Å². The molecule has 6 heteroatoms. The Hall–Kier alpha value is -2.60. The Morgan fingerprint density at radius 2 is 1.67 bits per heavy atom. The van der Waals surface area contributed by atoms with Gasteiger partial charge in [-0.05, 0) is 55.7 Å². The van der Waals surface area contributed by atoms with E-state index in [1.54, 1.807) is 36.2 Å². The molecule has 0 aliphatic carbocycles. The normalized spacial score (nSPS) is 13.9. The van der Waals surface area contributed by atoms with E-state index in [9.17, 15) is 13.2 Å². The lowest BCUT2D eigenvalue weighted by molar-refractivity contribution is -0.112. The monoisotopic (exact) mass is 384 g/mol. The highest BCUT2D eigenvalue weighted by atomic mass is 32.2. The smallest absolute Gasteiger partial charge is 0.261 e. The molecule has 5 nitrogen and oxygen atoms in total. The molecule has 0 fully saturated rings. The summed E-state index contributed by atoms with van der Waals surface area (Å²) in [6.07, 6.45) is 0. The minimum atomic E-state index is -3.75. The van der Waals surface area contributed by atoms with Crippen molar-refractivity contribution in [3.8, 4) is 0 Å². The largest absolute Gasteiger partial charge is 0.311 e. The van der Waals surface area contributed by atoms with Crippen molar-refractivity contribution in [2.45, 2.75) is 38.5 Å². The van der Waals surface area contributed by atoms with Gasteiger partial charge >= 0.3 is 0 Å². The number of hydrogen-bond donors (Lipinski definition) is 1. The van der Waals surface area contributed by atoms with Crippen molar-refractivity contribution >= 4 is 32.9 Å². The highest BCUT2D eigenvalue weighted by molar-refractivity contribution is 7.92. The van der Waals surface area contributed by atoms with Gasteiger partial charge in [0, 0.05) is 23.9 Å². The van der Waals surface area contributed by atoms with E-state index < -0.39 is 10.0 Å². The van der Waals surface area contributed by atoms with E-state index in [0.29, 0.717) is 22.7 Å². The minimum absolute atomic E-state index is 0.114. The Balaban J connectivity index is 1.97. The molecule has 0 unspecified atom stereocenters. The second-order valence-corrected chi connectivity index (χ2v) is 8.98. The number of sulfonamides is 1. The number of carbonyl (C=O) groups excluding carboxylic acids is 1. The van der Waals surface area contributed by atoms with E-state index >= 15 is 0 Å². The molecule has 0 atom stereocenters. The quantitative estimate of drug-likeness (QED) is 0.796. The van der Waals surface area contributed by atoms with Gasteiger partial charge in [0.15, 0.2) is 0 Å². The fraction of sp³-hybridized carbons (Fsp3) is 0.286. The summed E-state index contributed by atoms with van der Waals surface area (Å²) in [5, 5.41) is 0. The van der Waals surface area contributed by atoms with E-state index in [1.165, 1.54) is 6.07 Å². The van der Waals surface area contributed by atoms with Crippen LogP contribution in [0.1, 0.15) is 44.7 Å². The van der Waals surface area contributed by atoms with Crippen molar-refractivity contribution in [1.29, 1.82) is 0 Å². The zero-order chi connectivity index (χ0) is 19.9. The third-order valence-corrected chi connectivity index (χ3v) is 6.14. The number of rotatable bonds is 4. The number of nitrogens with zero attached hydrogens (tertiary/aromatic N) is 1. The summed E-state index contributed by atoms with van der Waals surface area (Å²) in [6, 6.07) is 12.1. The van der Waals surface area contributed by atoms with Crippen LogP contribution in [0, 0.1) is 0 Å². The predicted molar refractivity (Wildman–Crippen MR) is 109 cm³/mol. The summed E-state index contributed by atoms with van der Waals surface area (Å²) in [7, 11) is -2.06. The van der Waals surface area contributed by atoms with Crippen molar-refractivity contribution in [2.75, 3.05) is 16.7 Å². The lowest BCUT2D eigenvalue weighted by atomic mass is 10.0. The van der Waals surface area contributed by atoms with Crippen LogP contribution < -0.4 is 9.62 Å². The molecule has 0 saturated carbocycles. The number of fused-ring (bicyclic) bond motifs is 1. The van der Waals surface area contributed by atoms with Crippen LogP contribution in [0.3, 0.4) is 0 Å². The molecular formula is C21H24N2O3S. The molecule has 1 amide bonds. The molecule has 1 aliphatic rings. The summed E-state index contributed by atoms with van der Waals surface area (Å²) in [4.78, 5) is 14.1. The average molecular weight is 385 g/mol. The topological polar surface area (TPSA) is 66.5 Å². The summed E-state index contributed by atoms with van der Waals surface area (Å²) in [5.41, 5.74) is 4.45. The first-order valence-corrected chi connectivity index (χ1v) is 10.3. The number of benzene rings is 2. The standard InChI is InChI=1S/C21H24N2O3S/c1-13(2)15-6-8-16(9-7-15)22-27(25,26)17-10-11-19-18(12-17)20(14(3)4)21(24)23(19)5/h6-13,22H,1-5H3. The molecule has 27 heavy (non-hydrogen) atoms. The van der Waals surface area contributed by atoms with E-state index in [2.05, 4.69) is 18.6 Å². The van der Waals surface area contributed by atoms with Crippen LogP contribution in [-0.4, -0.2) is 21.4 Å². The van der Waals surface area contributed by atoms with Crippen molar-refractivity contribution in [2.24, 2.45) is 0 Å². The van der Waals surface area contributed by atoms with Crippen molar-refractivity contribution in [1.82, 2.24) is 0 Å². The zero-order valence-electron chi connectivity index (χ0n) is 16.2. The molecule has 2 aromatic rings. The van der Waals surface area contributed by atoms with Crippen LogP contribution in [0.15, 0.2) is 52.9 Å². The molecule has 1 N–H and O–H groups in total. The molecule has 0 saturated heterocycles. The van der Waals surface area contributed by atoms with Gasteiger partial charge in [-0.2, -0.15) is 0 Å². The van der Waals surface area contributed by atoms with E-state index in [4.69, 9.17) is 0 Å². The predicted octanol–water partition coefficient (Wildman–Crippen LogP) is 4.38. The molecule has 0 bridgehead atoms. The summed E-state index contributed by atoms with van der Waals surface area (Å²) in [6.45, 7) is 7.88. The minimum Gasteiger partial charge on any atom is -0.311 e. The van der Waals surface area contributed by atoms with Gasteiger partial charge in [-0.1, -0.05) is 31.6 Å². The van der Waals surface area contributed by atoms with Crippen molar-refractivity contribution in [3.63, 3.8) is 0 Å². The SMILES string of the molecule is CC(C)=C1C(=O)N(C)c2ccc(S(=O)(=O)Nc3ccc(C(C)C)cc3)cc21. The summed E-state index contributed by atoms with van der Waals surface area (Å²) < 4.78 is 28.3. The van der Waals surface area contributed by atoms with Gasteiger partial charge in [-0.3, -0.25) is 9.52 Å². The number of likely N-dealkylation sites (N-methyl/N-ethyl adjacent to an activating group) is 1. The van der Waals surface area contributed by atoms with Crippen LogP contribution in [0.2, 0.25) is 0 Å². The number of nitrogens with one attached hydrogen (secondary N) is 1. The molecule has 3 rings (SSSR count). The second kappa shape index (κ2) is 6.85. The van der Waals surface area contributed by atoms with Crippen LogP contribution >= 0.6 is 0 Å². The molecule has 142 valence electrons. The van der Waals surface area contributed by atoms with E-state index in [0.717, 1.165) is 16.8 Å². The third-order valence-electron chi connectivity index (χ3n) is 4.76. The maximum Gasteiger partial charge on any atom is 0.261 e. The van der Waals surface area contributed by atoms with Crippen molar-refractivity contribution in [3.05, 3.63) is 59.2 Å². The molecule has 0 spiro atoms. The van der Waals surface area contributed by atoms with Crippen LogP contribution in [0.4, 0.5) is 11.4 Å². The third kappa shape index (κ3) is 3.49. The maximum atomic E-state index is 12.8. The number of amides is 1. The highest BCUT2D eigenvalue weighted by Gasteiger charge is 2.32. The van der Waals surface area contributed by atoms with Gasteiger partial charge in [0.1, 0.15) is 0 Å². The fourth-order valence-electron chi connectivity index (χ4n) is 3.20. The molecular weight excluding hydrogens is 360 g/mol. The van der Waals surface area contributed by atoms with Crippen molar-refractivity contribution < 1.29 is 13.2 Å². The number of allylic oxidation sites excluding steroid dienone is 1. The second-order valence-electron chi connectivity index (χ2n) is 7.30. The number of hydrogen-bond acceptors (Lipinski definition) is 3. The Kier molecular flexibility index (Phi) is 4.86. The van der Waals surface area contributed by atoms with Gasteiger partial charge < -0.3 is 4.90 Å². The Labute approximate surface area is 160 Å². The number of anilines is 2. The lowest BCUT2D eigenvalue weighted by Crippen LogP contribution is -2.20.